The van der Waals surface area contributed by atoms with Gasteiger partial charge in [-0.2, -0.15) is 0 Å². The molecule has 7 nitrogen and oxygen atoms in total. The lowest BCUT2D eigenvalue weighted by molar-refractivity contribution is -0.225. The van der Waals surface area contributed by atoms with E-state index in [9.17, 15) is 23.1 Å². The average Bonchev–Trinajstić information content (AvgIpc) is 3.47. The van der Waals surface area contributed by atoms with Crippen LogP contribution < -0.4 is 5.32 Å². The summed E-state index contributed by atoms with van der Waals surface area (Å²) in [5, 5.41) is 12.9. The smallest absolute Gasteiger partial charge is 0.335 e. The van der Waals surface area contributed by atoms with E-state index in [-0.39, 0.29) is 44.5 Å². The Kier molecular flexibility index (Phi) is 9.53. The van der Waals surface area contributed by atoms with Gasteiger partial charge < -0.3 is 15.3 Å². The van der Waals surface area contributed by atoms with Crippen molar-refractivity contribution in [3.8, 4) is 0 Å². The number of aromatic carboxylic acids is 1. The number of carbonyl (C=O) groups is 2. The minimum atomic E-state index is -2.93. The van der Waals surface area contributed by atoms with Gasteiger partial charge in [-0.25, -0.2) is 13.2 Å². The number of carboxylic acid groups (broad SMARTS) is 1. The van der Waals surface area contributed by atoms with E-state index in [1.54, 1.807) is 12.1 Å². The molecule has 1 saturated heterocycles. The monoisotopic (exact) mass is 732 g/mol. The zero-order valence-electron chi connectivity index (χ0n) is 32.7. The average molecular weight is 733 g/mol. The van der Waals surface area contributed by atoms with E-state index in [1.165, 1.54) is 49.7 Å². The SMILES string of the molecule is C=C(C)[C@@H]1CC[C@]2(CNC(=O)CCN3CCS(=O)(=O)CC3)CC[C@]3(C)[C@H](CC[C@@H]4[C@@]5(C)CC=C(c6ccc(C(=O)O)cc6)C(C)(C)[C@@H]5CC[C@]43C)[C@@H]12. The molecule has 4 saturated carbocycles. The number of nitrogens with zero attached hydrogens (tertiary/aromatic N) is 1. The number of nitrogens with one attached hydrogen (secondary N) is 1. The van der Waals surface area contributed by atoms with Crippen molar-refractivity contribution in [1.82, 2.24) is 10.2 Å². The molecule has 1 heterocycles. The molecule has 5 fully saturated rings. The fraction of sp³-hybridized carbons (Fsp3) is 0.727. The molecule has 1 aromatic carbocycles. The van der Waals surface area contributed by atoms with Crippen LogP contribution in [0.25, 0.3) is 5.57 Å². The number of carbonyl (C=O) groups excluding carboxylic acids is 1. The number of amides is 1. The second-order valence-electron chi connectivity index (χ2n) is 19.5. The highest BCUT2D eigenvalue weighted by Gasteiger charge is 2.70. The van der Waals surface area contributed by atoms with E-state index in [1.807, 2.05) is 12.1 Å². The zero-order valence-corrected chi connectivity index (χ0v) is 33.5. The molecule has 0 bridgehead atoms. The van der Waals surface area contributed by atoms with Gasteiger partial charge in [0.2, 0.25) is 5.91 Å². The van der Waals surface area contributed by atoms with Gasteiger partial charge in [-0.15, -0.1) is 0 Å². The quantitative estimate of drug-likeness (QED) is 0.261. The summed E-state index contributed by atoms with van der Waals surface area (Å²) in [4.78, 5) is 27.0. The number of fused-ring (bicyclic) bond motifs is 7. The molecule has 286 valence electrons. The summed E-state index contributed by atoms with van der Waals surface area (Å²) in [6.07, 6.45) is 13.6. The van der Waals surface area contributed by atoms with Gasteiger partial charge in [0.25, 0.3) is 0 Å². The summed E-state index contributed by atoms with van der Waals surface area (Å²) in [6, 6.07) is 7.53. The lowest BCUT2D eigenvalue weighted by atomic mass is 9.32. The first kappa shape index (κ1) is 37.8. The highest BCUT2D eigenvalue weighted by molar-refractivity contribution is 7.91. The van der Waals surface area contributed by atoms with Gasteiger partial charge in [0.05, 0.1) is 17.1 Å². The standard InChI is InChI=1S/C44H64N2O5S/c1-29(2)32-14-20-44(28-45-37(47)17-23-46-24-26-52(50,51)27-25-46)22-21-42(6)34(38(32)44)12-13-36-41(5)18-15-33(30-8-10-31(11-9-30)39(48)49)40(3,4)35(41)16-19-43(36,42)7/h8-11,15,32,34-36,38H,1,12-14,16-28H2,2-7H3,(H,45,47)(H,48,49)/t32-,34+,35-,36+,38+,41-,42+,43+,44+/m0/s1. The molecule has 1 amide bonds. The van der Waals surface area contributed by atoms with Crippen molar-refractivity contribution in [3.05, 3.63) is 53.6 Å². The number of carboxylic acids is 1. The Morgan fingerprint density at radius 3 is 2.25 bits per heavy atom. The summed E-state index contributed by atoms with van der Waals surface area (Å²) in [6.45, 7) is 22.1. The van der Waals surface area contributed by atoms with E-state index in [0.29, 0.717) is 61.2 Å². The van der Waals surface area contributed by atoms with Crippen LogP contribution in [0.3, 0.4) is 0 Å². The van der Waals surface area contributed by atoms with Gasteiger partial charge in [-0.05, 0) is 145 Å². The Morgan fingerprint density at radius 1 is 0.904 bits per heavy atom. The van der Waals surface area contributed by atoms with Crippen LogP contribution in [0.15, 0.2) is 42.5 Å². The van der Waals surface area contributed by atoms with Gasteiger partial charge in [-0.3, -0.25) is 4.79 Å². The Balaban J connectivity index is 1.11. The van der Waals surface area contributed by atoms with Crippen molar-refractivity contribution < 1.29 is 23.1 Å². The van der Waals surface area contributed by atoms with Crippen LogP contribution in [-0.4, -0.2) is 68.0 Å². The third-order valence-corrected chi connectivity index (χ3v) is 18.6. The second-order valence-corrected chi connectivity index (χ2v) is 21.8. The van der Waals surface area contributed by atoms with Gasteiger partial charge in [0.1, 0.15) is 0 Å². The first-order valence-electron chi connectivity index (χ1n) is 20.3. The largest absolute Gasteiger partial charge is 0.478 e. The highest BCUT2D eigenvalue weighted by Crippen LogP contribution is 2.77. The zero-order chi connectivity index (χ0) is 37.5. The van der Waals surface area contributed by atoms with E-state index >= 15 is 0 Å². The predicted octanol–water partition coefficient (Wildman–Crippen LogP) is 8.27. The van der Waals surface area contributed by atoms with Crippen molar-refractivity contribution in [2.24, 2.45) is 56.7 Å². The number of allylic oxidation sites excluding steroid dienone is 3. The first-order chi connectivity index (χ1) is 24.4. The maximum atomic E-state index is 13.3. The van der Waals surface area contributed by atoms with Crippen molar-refractivity contribution in [2.75, 3.05) is 37.7 Å². The Morgan fingerprint density at radius 2 is 1.60 bits per heavy atom. The molecule has 0 aromatic heterocycles. The molecule has 8 heteroatoms. The summed E-state index contributed by atoms with van der Waals surface area (Å²) in [7, 11) is -2.93. The van der Waals surface area contributed by atoms with Crippen molar-refractivity contribution >= 4 is 27.3 Å². The highest BCUT2D eigenvalue weighted by atomic mass is 32.2. The van der Waals surface area contributed by atoms with Gasteiger partial charge >= 0.3 is 5.97 Å². The topological polar surface area (TPSA) is 104 Å². The third-order valence-electron chi connectivity index (χ3n) is 17.0. The lowest BCUT2D eigenvalue weighted by Gasteiger charge is -2.72. The Labute approximate surface area is 313 Å². The fourth-order valence-corrected chi connectivity index (χ4v) is 15.4. The Bertz CT molecular complexity index is 1740. The van der Waals surface area contributed by atoms with Crippen LogP contribution >= 0.6 is 0 Å². The predicted molar refractivity (Wildman–Crippen MR) is 208 cm³/mol. The number of benzene rings is 1. The molecule has 6 aliphatic rings. The summed E-state index contributed by atoms with van der Waals surface area (Å²) >= 11 is 0. The maximum absolute atomic E-state index is 13.3. The van der Waals surface area contributed by atoms with Crippen LogP contribution in [0.4, 0.5) is 0 Å². The molecule has 52 heavy (non-hydrogen) atoms. The van der Waals surface area contributed by atoms with E-state index < -0.39 is 15.8 Å². The third kappa shape index (κ3) is 5.95. The van der Waals surface area contributed by atoms with Crippen LogP contribution in [0.1, 0.15) is 122 Å². The van der Waals surface area contributed by atoms with Crippen molar-refractivity contribution in [2.45, 2.75) is 106 Å². The van der Waals surface area contributed by atoms with Crippen molar-refractivity contribution in [3.63, 3.8) is 0 Å². The second kappa shape index (κ2) is 13.1. The lowest BCUT2D eigenvalue weighted by Crippen LogP contribution is -2.66. The molecule has 9 atom stereocenters. The molecule has 2 N–H and O–H groups in total. The van der Waals surface area contributed by atoms with Crippen LogP contribution in [0.2, 0.25) is 0 Å². The molecular weight excluding hydrogens is 669 g/mol. The molecule has 0 radical (unpaired) electrons. The molecule has 5 aliphatic carbocycles. The summed E-state index contributed by atoms with van der Waals surface area (Å²) < 4.78 is 23.7. The molecule has 1 aliphatic heterocycles. The van der Waals surface area contributed by atoms with Gasteiger partial charge in [0, 0.05) is 32.6 Å². The molecule has 7 rings (SSSR count). The van der Waals surface area contributed by atoms with Gasteiger partial charge in [0.15, 0.2) is 9.84 Å². The maximum Gasteiger partial charge on any atom is 0.335 e. The number of hydrogen-bond acceptors (Lipinski definition) is 5. The van der Waals surface area contributed by atoms with E-state index in [4.69, 9.17) is 0 Å². The number of hydrogen-bond donors (Lipinski definition) is 2. The van der Waals surface area contributed by atoms with Gasteiger partial charge in [-0.1, -0.05) is 65.0 Å². The van der Waals surface area contributed by atoms with Crippen LogP contribution in [0.5, 0.6) is 0 Å². The molecule has 0 spiro atoms. The summed E-state index contributed by atoms with van der Waals surface area (Å²) in [5.41, 5.74) is 4.91. The number of rotatable bonds is 8. The van der Waals surface area contributed by atoms with E-state index in [2.05, 4.69) is 64.4 Å². The molecule has 0 unspecified atom stereocenters. The fourth-order valence-electron chi connectivity index (χ4n) is 14.1. The molecular formula is C44H64N2O5S. The minimum absolute atomic E-state index is 0.0149. The van der Waals surface area contributed by atoms with Crippen LogP contribution in [-0.2, 0) is 14.6 Å². The normalized spacial score (nSPS) is 40.7. The molecule has 1 aromatic rings. The van der Waals surface area contributed by atoms with Crippen LogP contribution in [0, 0.1) is 56.7 Å². The summed E-state index contributed by atoms with van der Waals surface area (Å²) in [5.74, 6) is 2.43. The Hall–Kier alpha value is -2.45. The minimum Gasteiger partial charge on any atom is -0.478 e. The van der Waals surface area contributed by atoms with E-state index in [0.717, 1.165) is 31.4 Å². The van der Waals surface area contributed by atoms with Crippen molar-refractivity contribution in [1.29, 1.82) is 0 Å². The first-order valence-corrected chi connectivity index (χ1v) is 22.1. The number of sulfone groups is 1.